The Bertz CT molecular complexity index is 397. The summed E-state index contributed by atoms with van der Waals surface area (Å²) in [7, 11) is -2.21. The van der Waals surface area contributed by atoms with Crippen LogP contribution >= 0.6 is 0 Å². The van der Waals surface area contributed by atoms with Crippen LogP contribution < -0.4 is 24.8 Å². The molecule has 0 N–H and O–H groups in total. The van der Waals surface area contributed by atoms with Crippen molar-refractivity contribution in [2.24, 2.45) is 5.92 Å². The minimum Gasteiger partial charge on any atom is -1.00 e. The van der Waals surface area contributed by atoms with Gasteiger partial charge in [-0.1, -0.05) is 62.2 Å². The maximum atomic E-state index is 4.82. The Morgan fingerprint density at radius 2 is 1.54 bits per heavy atom. The molecule has 0 heterocycles. The molecule has 0 amide bonds. The van der Waals surface area contributed by atoms with Gasteiger partial charge in [0.25, 0.3) is 0 Å². The third-order valence-electron chi connectivity index (χ3n) is 2.88. The second-order valence-electron chi connectivity index (χ2n) is 8.26. The van der Waals surface area contributed by atoms with Crippen LogP contribution in [0, 0.1) is 12.3 Å². The minimum atomic E-state index is -1.11. The van der Waals surface area contributed by atoms with Gasteiger partial charge in [-0.3, -0.25) is 0 Å². The van der Waals surface area contributed by atoms with Crippen molar-refractivity contribution >= 4 is 22.0 Å². The molecule has 1 atom stereocenters. The topological polar surface area (TPSA) is 14.1 Å². The second kappa shape index (κ2) is 14.5. The predicted molar refractivity (Wildman–Crippen MR) is 106 cm³/mol. The molecule has 0 aromatic rings. The summed E-state index contributed by atoms with van der Waals surface area (Å²) in [5, 5.41) is 0. The number of allylic oxidation sites excluding steroid dienone is 4. The maximum absolute atomic E-state index is 4.82. The molecule has 0 aromatic carbocycles. The Morgan fingerprint density at radius 3 is 1.88 bits per heavy atom. The van der Waals surface area contributed by atoms with Crippen LogP contribution in [0.15, 0.2) is 23.8 Å². The maximum Gasteiger partial charge on any atom is -1.00 e. The van der Waals surface area contributed by atoms with E-state index in [9.17, 15) is 0 Å². The van der Waals surface area contributed by atoms with Crippen molar-refractivity contribution in [1.82, 2.24) is 0 Å². The average Bonchev–Trinajstić information content (AvgIpc) is 2.71. The third kappa shape index (κ3) is 19.7. The zero-order valence-electron chi connectivity index (χ0n) is 16.7. The monoisotopic (exact) mass is 587 g/mol. The average molecular weight is 587 g/mol. The molecule has 7 heteroatoms. The van der Waals surface area contributed by atoms with Gasteiger partial charge < -0.3 is 29.5 Å². The van der Waals surface area contributed by atoms with Crippen LogP contribution in [0.4, 0.5) is 0 Å². The van der Waals surface area contributed by atoms with Crippen molar-refractivity contribution in [1.29, 1.82) is 0 Å². The first-order valence-corrected chi connectivity index (χ1v) is 23.1. The first kappa shape index (κ1) is 30.1. The number of nitrogens with zero attached hydrogens (tertiary/aromatic N) is 1. The van der Waals surface area contributed by atoms with Gasteiger partial charge in [0, 0.05) is 0 Å². The number of hydrogen-bond donors (Lipinski definition) is 0. The Labute approximate surface area is 181 Å². The number of fused-ring (bicyclic) bond motifs is 1. The Kier molecular flexibility index (Phi) is 18.2. The first-order chi connectivity index (χ1) is 9.91. The van der Waals surface area contributed by atoms with Crippen LogP contribution in [0.3, 0.4) is 0 Å². The number of halogens is 2. The summed E-state index contributed by atoms with van der Waals surface area (Å²) in [6.07, 6.45) is 13.0. The van der Waals surface area contributed by atoms with Crippen LogP contribution in [-0.4, -0.2) is 22.0 Å². The van der Waals surface area contributed by atoms with E-state index in [1.807, 2.05) is 0 Å². The summed E-state index contributed by atoms with van der Waals surface area (Å²) in [5.41, 5.74) is 1.84. The van der Waals surface area contributed by atoms with E-state index in [2.05, 4.69) is 77.0 Å². The molecule has 1 saturated carbocycles. The zero-order valence-corrected chi connectivity index (χ0v) is 24.8. The molecular formula is C17H35Cl2HfNSi3-2. The molecule has 140 valence electrons. The van der Waals surface area contributed by atoms with Crippen LogP contribution in [0.1, 0.15) is 19.3 Å². The van der Waals surface area contributed by atoms with Crippen molar-refractivity contribution in [2.45, 2.75) is 71.6 Å². The molecule has 24 heavy (non-hydrogen) atoms. The van der Waals surface area contributed by atoms with Gasteiger partial charge in [-0.2, -0.15) is 0 Å². The van der Waals surface area contributed by atoms with Gasteiger partial charge in [-0.25, -0.2) is 18.1 Å². The fraction of sp³-hybridized carbons (Fsp3) is 0.706. The molecular weight excluding hydrogens is 552 g/mol. The quantitative estimate of drug-likeness (QED) is 0.327. The van der Waals surface area contributed by atoms with E-state index in [4.69, 9.17) is 4.65 Å². The normalized spacial score (nSPS) is 18.1. The molecule has 1 unspecified atom stereocenters. The summed E-state index contributed by atoms with van der Waals surface area (Å²) in [5.74, 6) is 0.884. The van der Waals surface area contributed by atoms with E-state index in [1.165, 1.54) is 42.3 Å². The van der Waals surface area contributed by atoms with E-state index >= 15 is 0 Å². The van der Waals surface area contributed by atoms with Gasteiger partial charge >= 0.3 is 41.6 Å². The molecule has 0 spiro atoms. The Hall–Kier alpha value is 1.41. The van der Waals surface area contributed by atoms with Crippen LogP contribution in [0.25, 0.3) is 4.65 Å². The van der Waals surface area contributed by atoms with Gasteiger partial charge in [0.15, 0.2) is 0 Å². The standard InChI is InChI=1S/C9H11.C6H18NSi2.C2H6Si.2ClH.Hf/c1-2-5-9-7-3-6-8(9)4-1;1-8(2,3)7-9(4,5)6;1-3-2;;;/h1-2,4,6,9H,3,5,7H2;1-6H3;1-2H3;2*1H;/q2*-1;;;;+2/p-2. The fourth-order valence-electron chi connectivity index (χ4n) is 2.67. The van der Waals surface area contributed by atoms with Crippen molar-refractivity contribution in [3.05, 3.63) is 34.9 Å². The third-order valence-corrected chi connectivity index (χ3v) is 8.25. The van der Waals surface area contributed by atoms with E-state index in [-0.39, 0.29) is 30.3 Å². The minimum absolute atomic E-state index is 0. The van der Waals surface area contributed by atoms with E-state index in [0.717, 1.165) is 5.92 Å². The van der Waals surface area contributed by atoms with Gasteiger partial charge in [0.1, 0.15) is 0 Å². The number of rotatable bonds is 2. The van der Waals surface area contributed by atoms with Gasteiger partial charge in [0.05, 0.1) is 0 Å². The van der Waals surface area contributed by atoms with Crippen molar-refractivity contribution in [3.8, 4) is 0 Å². The van der Waals surface area contributed by atoms with E-state index in [1.54, 1.807) is 5.57 Å². The molecule has 0 saturated heterocycles. The zero-order chi connectivity index (χ0) is 17.4. The molecule has 0 radical (unpaired) electrons. The summed E-state index contributed by atoms with van der Waals surface area (Å²) >= 11 is 1.45. The SMILES string of the molecule is C1=CCC2CC[CH-]C2=C1.C[Si](C)(C)[N-][Si](C)(C)C.C[Si](C)=[Hf+2].[Cl-].[Cl-]. The molecule has 2 aliphatic carbocycles. The summed E-state index contributed by atoms with van der Waals surface area (Å²) in [4.78, 5) is 0. The summed E-state index contributed by atoms with van der Waals surface area (Å²) in [6, 6.07) is 0. The molecule has 0 bridgehead atoms. The van der Waals surface area contributed by atoms with Gasteiger partial charge in [-0.15, -0.1) is 18.6 Å². The van der Waals surface area contributed by atoms with E-state index in [0.29, 0.717) is 0 Å². The molecule has 0 aromatic heterocycles. The van der Waals surface area contributed by atoms with E-state index < -0.39 is 16.5 Å². The Morgan fingerprint density at radius 1 is 1.08 bits per heavy atom. The van der Waals surface area contributed by atoms with Crippen molar-refractivity contribution < 1.29 is 47.8 Å². The second-order valence-corrected chi connectivity index (χ2v) is 30.6. The van der Waals surface area contributed by atoms with Crippen molar-refractivity contribution in [2.75, 3.05) is 0 Å². The van der Waals surface area contributed by atoms with Crippen LogP contribution in [0.2, 0.25) is 52.4 Å². The van der Waals surface area contributed by atoms with Gasteiger partial charge in [0.2, 0.25) is 0 Å². The first-order valence-electron chi connectivity index (χ1n) is 8.36. The van der Waals surface area contributed by atoms with Crippen molar-refractivity contribution in [3.63, 3.8) is 0 Å². The smallest absolute Gasteiger partial charge is 1.00 e. The molecule has 2 rings (SSSR count). The fourth-order valence-corrected chi connectivity index (χ4v) is 10.7. The number of hydrogen-bond acceptors (Lipinski definition) is 0. The molecule has 1 fully saturated rings. The Balaban J connectivity index is -0.000000283. The molecule has 1 nitrogen and oxygen atoms in total. The largest absolute Gasteiger partial charge is 1.00 e. The van der Waals surface area contributed by atoms with Gasteiger partial charge in [-0.05, 0) is 12.3 Å². The summed E-state index contributed by atoms with van der Waals surface area (Å²) in [6.45, 7) is 18.4. The van der Waals surface area contributed by atoms with Crippen LogP contribution in [-0.2, 0) is 23.0 Å². The summed E-state index contributed by atoms with van der Waals surface area (Å²) < 4.78 is 4.82. The van der Waals surface area contributed by atoms with Crippen LogP contribution in [0.5, 0.6) is 0 Å². The molecule has 2 aliphatic rings. The molecule has 0 aliphatic heterocycles. The predicted octanol–water partition coefficient (Wildman–Crippen LogP) is 0.309.